The molecule has 0 aliphatic heterocycles. The minimum atomic E-state index is -3.97. The van der Waals surface area contributed by atoms with Crippen LogP contribution in [0.25, 0.3) is 0 Å². The third-order valence-corrected chi connectivity index (χ3v) is 4.11. The molecule has 0 aliphatic rings. The van der Waals surface area contributed by atoms with Gasteiger partial charge in [0, 0.05) is 24.8 Å². The summed E-state index contributed by atoms with van der Waals surface area (Å²) in [6.45, 7) is 3.20. The fraction of sp³-hybridized carbons (Fsp3) is 0.500. The summed E-state index contributed by atoms with van der Waals surface area (Å²) in [6.07, 6.45) is 1.40. The van der Waals surface area contributed by atoms with Crippen LogP contribution < -0.4 is 10.5 Å². The Morgan fingerprint density at radius 1 is 1.40 bits per heavy atom. The summed E-state index contributed by atoms with van der Waals surface area (Å²) in [5.74, 6) is -0.996. The highest BCUT2D eigenvalue weighted by molar-refractivity contribution is 7.89. The first-order valence-corrected chi connectivity index (χ1v) is 8.06. The van der Waals surface area contributed by atoms with E-state index in [1.54, 1.807) is 0 Å². The van der Waals surface area contributed by atoms with E-state index in [0.29, 0.717) is 19.6 Å². The molecule has 114 valence electrons. The zero-order valence-electron chi connectivity index (χ0n) is 11.2. The number of hydrogen-bond donors (Lipinski definition) is 2. The summed E-state index contributed by atoms with van der Waals surface area (Å²) < 4.78 is 45.1. The maximum absolute atomic E-state index is 13.7. The van der Waals surface area contributed by atoms with E-state index in [0.717, 1.165) is 18.6 Å². The topological polar surface area (TPSA) is 81.4 Å². The summed E-state index contributed by atoms with van der Waals surface area (Å²) in [4.78, 5) is -0.544. The SMILES string of the molecule is CCCOCCCNS(=O)(=O)c1cc(Cl)cc(N)c1F. The maximum Gasteiger partial charge on any atom is 0.243 e. The smallest absolute Gasteiger partial charge is 0.243 e. The average molecular weight is 325 g/mol. The molecule has 0 aromatic heterocycles. The number of benzene rings is 1. The van der Waals surface area contributed by atoms with Gasteiger partial charge in [-0.2, -0.15) is 0 Å². The molecule has 0 saturated heterocycles. The van der Waals surface area contributed by atoms with Crippen molar-refractivity contribution in [2.75, 3.05) is 25.5 Å². The number of halogens is 2. The molecule has 20 heavy (non-hydrogen) atoms. The van der Waals surface area contributed by atoms with E-state index in [9.17, 15) is 12.8 Å². The second-order valence-corrected chi connectivity index (χ2v) is 6.34. The highest BCUT2D eigenvalue weighted by Crippen LogP contribution is 2.24. The molecule has 3 N–H and O–H groups in total. The Morgan fingerprint density at radius 3 is 2.75 bits per heavy atom. The fourth-order valence-corrected chi connectivity index (χ4v) is 2.98. The van der Waals surface area contributed by atoms with Crippen LogP contribution in [0.4, 0.5) is 10.1 Å². The first-order valence-electron chi connectivity index (χ1n) is 6.20. The summed E-state index contributed by atoms with van der Waals surface area (Å²) in [6, 6.07) is 2.19. The van der Waals surface area contributed by atoms with Gasteiger partial charge in [-0.25, -0.2) is 17.5 Å². The molecule has 1 aromatic rings. The molecule has 0 unspecified atom stereocenters. The van der Waals surface area contributed by atoms with Crippen molar-refractivity contribution < 1.29 is 17.5 Å². The number of rotatable bonds is 8. The normalized spacial score (nSPS) is 11.8. The lowest BCUT2D eigenvalue weighted by Crippen LogP contribution is -2.26. The first kappa shape index (κ1) is 17.2. The van der Waals surface area contributed by atoms with E-state index in [2.05, 4.69) is 4.72 Å². The van der Waals surface area contributed by atoms with Crippen LogP contribution in [-0.4, -0.2) is 28.2 Å². The molecule has 0 spiro atoms. The van der Waals surface area contributed by atoms with Crippen LogP contribution in [-0.2, 0) is 14.8 Å². The predicted molar refractivity (Wildman–Crippen MR) is 76.7 cm³/mol. The molecule has 0 fully saturated rings. The predicted octanol–water partition coefficient (Wildman–Crippen LogP) is 2.16. The van der Waals surface area contributed by atoms with E-state index in [1.165, 1.54) is 0 Å². The third kappa shape index (κ3) is 4.90. The van der Waals surface area contributed by atoms with Gasteiger partial charge < -0.3 is 10.5 Å². The third-order valence-electron chi connectivity index (χ3n) is 2.43. The van der Waals surface area contributed by atoms with Crippen LogP contribution in [0.3, 0.4) is 0 Å². The highest BCUT2D eigenvalue weighted by atomic mass is 35.5. The van der Waals surface area contributed by atoms with Gasteiger partial charge in [0.2, 0.25) is 10.0 Å². The highest BCUT2D eigenvalue weighted by Gasteiger charge is 2.21. The van der Waals surface area contributed by atoms with Crippen molar-refractivity contribution in [3.05, 3.63) is 23.0 Å². The molecule has 1 rings (SSSR count). The number of ether oxygens (including phenoxy) is 1. The Balaban J connectivity index is 2.65. The lowest BCUT2D eigenvalue weighted by Gasteiger charge is -2.09. The minimum absolute atomic E-state index is 0.0653. The Morgan fingerprint density at radius 2 is 2.10 bits per heavy atom. The zero-order chi connectivity index (χ0) is 15.2. The van der Waals surface area contributed by atoms with Crippen LogP contribution in [0.1, 0.15) is 19.8 Å². The van der Waals surface area contributed by atoms with Crippen molar-refractivity contribution in [3.8, 4) is 0 Å². The van der Waals surface area contributed by atoms with Gasteiger partial charge in [0.05, 0.1) is 5.69 Å². The average Bonchev–Trinajstić information content (AvgIpc) is 2.37. The first-order chi connectivity index (χ1) is 9.38. The Labute approximate surface area is 123 Å². The number of hydrogen-bond acceptors (Lipinski definition) is 4. The van der Waals surface area contributed by atoms with E-state index in [1.807, 2.05) is 6.92 Å². The van der Waals surface area contributed by atoms with Crippen LogP contribution >= 0.6 is 11.6 Å². The van der Waals surface area contributed by atoms with Gasteiger partial charge in [-0.3, -0.25) is 0 Å². The summed E-state index contributed by atoms with van der Waals surface area (Å²) >= 11 is 5.69. The maximum atomic E-state index is 13.7. The molecule has 0 amide bonds. The molecule has 0 heterocycles. The molecule has 8 heteroatoms. The van der Waals surface area contributed by atoms with Gasteiger partial charge in [-0.05, 0) is 25.0 Å². The molecular formula is C12H18ClFN2O3S. The Hall–Kier alpha value is -0.890. The Bertz CT molecular complexity index is 552. The van der Waals surface area contributed by atoms with Gasteiger partial charge in [0.25, 0.3) is 0 Å². The monoisotopic (exact) mass is 324 g/mol. The van der Waals surface area contributed by atoms with Gasteiger partial charge >= 0.3 is 0 Å². The molecule has 0 saturated carbocycles. The fourth-order valence-electron chi connectivity index (χ4n) is 1.48. The molecule has 1 aromatic carbocycles. The quantitative estimate of drug-likeness (QED) is 0.567. The van der Waals surface area contributed by atoms with Crippen molar-refractivity contribution in [1.29, 1.82) is 0 Å². The van der Waals surface area contributed by atoms with E-state index in [4.69, 9.17) is 22.1 Å². The molecule has 0 aliphatic carbocycles. The van der Waals surface area contributed by atoms with Gasteiger partial charge in [0.15, 0.2) is 5.82 Å². The van der Waals surface area contributed by atoms with Crippen molar-refractivity contribution in [2.45, 2.75) is 24.7 Å². The number of anilines is 1. The van der Waals surface area contributed by atoms with Gasteiger partial charge in [0.1, 0.15) is 4.90 Å². The molecular weight excluding hydrogens is 307 g/mol. The lowest BCUT2D eigenvalue weighted by atomic mass is 10.3. The minimum Gasteiger partial charge on any atom is -0.396 e. The molecule has 0 bridgehead atoms. The molecule has 0 radical (unpaired) electrons. The van der Waals surface area contributed by atoms with Gasteiger partial charge in [-0.1, -0.05) is 18.5 Å². The van der Waals surface area contributed by atoms with Crippen molar-refractivity contribution in [1.82, 2.24) is 4.72 Å². The molecule has 0 atom stereocenters. The number of nitrogens with one attached hydrogen (secondary N) is 1. The molecule has 5 nitrogen and oxygen atoms in total. The standard InChI is InChI=1S/C12H18ClFN2O3S/c1-2-5-19-6-3-4-16-20(17,18)11-8-9(13)7-10(15)12(11)14/h7-8,16H,2-6,15H2,1H3. The number of sulfonamides is 1. The second kappa shape index (κ2) is 7.78. The van der Waals surface area contributed by atoms with E-state index >= 15 is 0 Å². The van der Waals surface area contributed by atoms with Crippen LogP contribution in [0.5, 0.6) is 0 Å². The lowest BCUT2D eigenvalue weighted by molar-refractivity contribution is 0.133. The summed E-state index contributed by atoms with van der Waals surface area (Å²) in [7, 11) is -3.97. The van der Waals surface area contributed by atoms with Gasteiger partial charge in [-0.15, -0.1) is 0 Å². The van der Waals surface area contributed by atoms with Crippen molar-refractivity contribution >= 4 is 27.3 Å². The van der Waals surface area contributed by atoms with E-state index < -0.39 is 20.7 Å². The van der Waals surface area contributed by atoms with Crippen molar-refractivity contribution in [3.63, 3.8) is 0 Å². The van der Waals surface area contributed by atoms with E-state index in [-0.39, 0.29) is 17.3 Å². The largest absolute Gasteiger partial charge is 0.396 e. The van der Waals surface area contributed by atoms with Crippen molar-refractivity contribution in [2.24, 2.45) is 0 Å². The number of nitrogen functional groups attached to an aromatic ring is 1. The number of nitrogens with two attached hydrogens (primary N) is 1. The van der Waals surface area contributed by atoms with Crippen LogP contribution in [0.2, 0.25) is 5.02 Å². The Kier molecular flexibility index (Phi) is 6.67. The summed E-state index contributed by atoms with van der Waals surface area (Å²) in [5.41, 5.74) is 5.05. The zero-order valence-corrected chi connectivity index (χ0v) is 12.7. The van der Waals surface area contributed by atoms with Crippen LogP contribution in [0, 0.1) is 5.82 Å². The van der Waals surface area contributed by atoms with Crippen LogP contribution in [0.15, 0.2) is 17.0 Å². The second-order valence-electron chi connectivity index (χ2n) is 4.17. The summed E-state index contributed by atoms with van der Waals surface area (Å²) in [5, 5.41) is 0.0653.